The number of halogens is 1. The van der Waals surface area contributed by atoms with Crippen LogP contribution in [0.3, 0.4) is 0 Å². The fourth-order valence-corrected chi connectivity index (χ4v) is 1.63. The van der Waals surface area contributed by atoms with Crippen molar-refractivity contribution in [3.63, 3.8) is 0 Å². The molecule has 0 aliphatic heterocycles. The van der Waals surface area contributed by atoms with Crippen LogP contribution in [0.2, 0.25) is 5.02 Å². The first-order valence-corrected chi connectivity index (χ1v) is 5.46. The largest absolute Gasteiger partial charge is 0.300 e. The van der Waals surface area contributed by atoms with Gasteiger partial charge in [0.15, 0.2) is 0 Å². The number of benzene rings is 2. The van der Waals surface area contributed by atoms with Crippen LogP contribution in [0.5, 0.6) is 0 Å². The number of nitrogens with one attached hydrogen (secondary N) is 1. The maximum absolute atomic E-state index is 8.07. The highest BCUT2D eigenvalue weighted by atomic mass is 35.5. The molecule has 2 rings (SSSR count). The average molecular weight is 230 g/mol. The van der Waals surface area contributed by atoms with Gasteiger partial charge in [-0.3, -0.25) is 5.41 Å². The third-order valence-corrected chi connectivity index (χ3v) is 2.73. The normalized spacial score (nSPS) is 10.1. The van der Waals surface area contributed by atoms with Gasteiger partial charge >= 0.3 is 0 Å². The summed E-state index contributed by atoms with van der Waals surface area (Å²) in [5.74, 6) is 0. The van der Waals surface area contributed by atoms with Crippen molar-refractivity contribution >= 4 is 17.3 Å². The molecular weight excluding hydrogens is 218 g/mol. The third kappa shape index (κ3) is 2.31. The quantitative estimate of drug-likeness (QED) is 0.751. The Morgan fingerprint density at radius 3 is 1.81 bits per heavy atom. The molecule has 0 bridgehead atoms. The lowest BCUT2D eigenvalue weighted by Crippen LogP contribution is -2.00. The molecule has 0 spiro atoms. The SMILES string of the molecule is Cc1ccc(C(=N)c2ccc(Cl)cc2)cc1. The second kappa shape index (κ2) is 4.50. The smallest absolute Gasteiger partial charge is 0.0684 e. The minimum absolute atomic E-state index is 0.525. The van der Waals surface area contributed by atoms with Crippen LogP contribution in [-0.4, -0.2) is 5.71 Å². The highest BCUT2D eigenvalue weighted by Crippen LogP contribution is 2.14. The van der Waals surface area contributed by atoms with E-state index in [0.717, 1.165) is 11.1 Å². The third-order valence-electron chi connectivity index (χ3n) is 2.47. The van der Waals surface area contributed by atoms with Gasteiger partial charge in [-0.2, -0.15) is 0 Å². The molecular formula is C14H12ClN. The van der Waals surface area contributed by atoms with Crippen molar-refractivity contribution in [2.75, 3.05) is 0 Å². The van der Waals surface area contributed by atoms with Gasteiger partial charge in [0.2, 0.25) is 0 Å². The summed E-state index contributed by atoms with van der Waals surface area (Å²) in [5.41, 5.74) is 3.53. The van der Waals surface area contributed by atoms with Gasteiger partial charge in [-0.15, -0.1) is 0 Å². The predicted octanol–water partition coefficient (Wildman–Crippen LogP) is 4.06. The van der Waals surface area contributed by atoms with Crippen LogP contribution in [0.25, 0.3) is 0 Å². The molecule has 0 radical (unpaired) electrons. The molecule has 1 N–H and O–H groups in total. The van der Waals surface area contributed by atoms with Crippen LogP contribution in [0, 0.1) is 12.3 Å². The Morgan fingerprint density at radius 2 is 1.31 bits per heavy atom. The summed E-state index contributed by atoms with van der Waals surface area (Å²) in [5, 5.41) is 8.76. The second-order valence-electron chi connectivity index (χ2n) is 3.75. The van der Waals surface area contributed by atoms with E-state index in [-0.39, 0.29) is 0 Å². The lowest BCUT2D eigenvalue weighted by atomic mass is 10.0. The van der Waals surface area contributed by atoms with Crippen LogP contribution in [-0.2, 0) is 0 Å². The number of aryl methyl sites for hydroxylation is 1. The van der Waals surface area contributed by atoms with E-state index >= 15 is 0 Å². The van der Waals surface area contributed by atoms with Crippen LogP contribution in [0.1, 0.15) is 16.7 Å². The number of hydrogen-bond donors (Lipinski definition) is 1. The van der Waals surface area contributed by atoms with Crippen molar-refractivity contribution in [2.24, 2.45) is 0 Å². The molecule has 0 fully saturated rings. The Bertz CT molecular complexity index is 450. The van der Waals surface area contributed by atoms with Gasteiger partial charge in [-0.25, -0.2) is 0 Å². The number of hydrogen-bond acceptors (Lipinski definition) is 1. The molecule has 1 nitrogen and oxygen atoms in total. The van der Waals surface area contributed by atoms with Gasteiger partial charge < -0.3 is 0 Å². The summed E-state index contributed by atoms with van der Waals surface area (Å²) in [6.45, 7) is 2.04. The van der Waals surface area contributed by atoms with Crippen molar-refractivity contribution in [3.05, 3.63) is 70.2 Å². The monoisotopic (exact) mass is 229 g/mol. The van der Waals surface area contributed by atoms with Crippen molar-refractivity contribution in [2.45, 2.75) is 6.92 Å². The molecule has 2 heteroatoms. The first-order chi connectivity index (χ1) is 7.66. The summed E-state index contributed by atoms with van der Waals surface area (Å²) >= 11 is 5.81. The molecule has 2 aromatic carbocycles. The highest BCUT2D eigenvalue weighted by molar-refractivity contribution is 6.30. The Morgan fingerprint density at radius 1 is 0.875 bits per heavy atom. The predicted molar refractivity (Wildman–Crippen MR) is 68.6 cm³/mol. The van der Waals surface area contributed by atoms with Crippen LogP contribution < -0.4 is 0 Å². The number of rotatable bonds is 2. The molecule has 16 heavy (non-hydrogen) atoms. The van der Waals surface area contributed by atoms with Crippen molar-refractivity contribution < 1.29 is 0 Å². The Labute approximate surface area is 100 Å². The van der Waals surface area contributed by atoms with E-state index in [1.54, 1.807) is 12.1 Å². The van der Waals surface area contributed by atoms with E-state index in [1.165, 1.54) is 5.56 Å². The lowest BCUT2D eigenvalue weighted by Gasteiger charge is -2.04. The molecule has 0 aliphatic rings. The molecule has 0 amide bonds. The maximum Gasteiger partial charge on any atom is 0.0684 e. The van der Waals surface area contributed by atoms with E-state index in [9.17, 15) is 0 Å². The van der Waals surface area contributed by atoms with Crippen LogP contribution in [0.4, 0.5) is 0 Å². The molecule has 0 aromatic heterocycles. The minimum Gasteiger partial charge on any atom is -0.300 e. The second-order valence-corrected chi connectivity index (χ2v) is 4.18. The molecule has 80 valence electrons. The fraction of sp³-hybridized carbons (Fsp3) is 0.0714. The molecule has 0 saturated heterocycles. The first kappa shape index (κ1) is 10.9. The van der Waals surface area contributed by atoms with Gasteiger partial charge in [0, 0.05) is 16.1 Å². The molecule has 0 heterocycles. The fourth-order valence-electron chi connectivity index (χ4n) is 1.50. The van der Waals surface area contributed by atoms with Gasteiger partial charge in [0.05, 0.1) is 5.71 Å². The van der Waals surface area contributed by atoms with Crippen LogP contribution in [0.15, 0.2) is 48.5 Å². The topological polar surface area (TPSA) is 23.9 Å². The molecule has 0 unspecified atom stereocenters. The van der Waals surface area contributed by atoms with Crippen molar-refractivity contribution in [1.29, 1.82) is 5.41 Å². The molecule has 0 aliphatic carbocycles. The molecule has 0 saturated carbocycles. The van der Waals surface area contributed by atoms with Gasteiger partial charge in [0.1, 0.15) is 0 Å². The van der Waals surface area contributed by atoms with E-state index in [0.29, 0.717) is 10.7 Å². The molecule has 0 atom stereocenters. The highest BCUT2D eigenvalue weighted by Gasteiger charge is 2.03. The summed E-state index contributed by atoms with van der Waals surface area (Å²) in [6, 6.07) is 15.3. The first-order valence-electron chi connectivity index (χ1n) is 5.08. The van der Waals surface area contributed by atoms with E-state index in [2.05, 4.69) is 0 Å². The standard InChI is InChI=1S/C14H12ClN/c1-10-2-4-11(5-3-10)14(16)12-6-8-13(15)9-7-12/h2-9,16H,1H3. The Kier molecular flexibility index (Phi) is 3.07. The van der Waals surface area contributed by atoms with E-state index in [4.69, 9.17) is 17.0 Å². The minimum atomic E-state index is 0.525. The van der Waals surface area contributed by atoms with Gasteiger partial charge in [-0.05, 0) is 19.1 Å². The maximum atomic E-state index is 8.07. The van der Waals surface area contributed by atoms with Gasteiger partial charge in [0.25, 0.3) is 0 Å². The zero-order chi connectivity index (χ0) is 11.5. The van der Waals surface area contributed by atoms with Gasteiger partial charge in [-0.1, -0.05) is 53.6 Å². The zero-order valence-electron chi connectivity index (χ0n) is 9.00. The van der Waals surface area contributed by atoms with E-state index < -0.39 is 0 Å². The lowest BCUT2D eigenvalue weighted by molar-refractivity contribution is 1.42. The summed E-state index contributed by atoms with van der Waals surface area (Å²) in [6.07, 6.45) is 0. The zero-order valence-corrected chi connectivity index (χ0v) is 9.75. The molecule has 2 aromatic rings. The summed E-state index contributed by atoms with van der Waals surface area (Å²) in [7, 11) is 0. The Hall–Kier alpha value is -1.60. The summed E-state index contributed by atoms with van der Waals surface area (Å²) in [4.78, 5) is 0. The summed E-state index contributed by atoms with van der Waals surface area (Å²) < 4.78 is 0. The average Bonchev–Trinajstić information content (AvgIpc) is 2.30. The van der Waals surface area contributed by atoms with Crippen LogP contribution >= 0.6 is 11.6 Å². The Balaban J connectivity index is 2.32. The van der Waals surface area contributed by atoms with Crippen molar-refractivity contribution in [1.82, 2.24) is 0 Å². The van der Waals surface area contributed by atoms with E-state index in [1.807, 2.05) is 43.3 Å². The van der Waals surface area contributed by atoms with Crippen molar-refractivity contribution in [3.8, 4) is 0 Å².